The molecule has 37 heavy (non-hydrogen) atoms. The average Bonchev–Trinajstić information content (AvgIpc) is 3.30. The van der Waals surface area contributed by atoms with Gasteiger partial charge in [-0.3, -0.25) is 9.69 Å². The third kappa shape index (κ3) is 6.24. The standard InChI is InChI=1S/C28H32N4O3S2/c1-5-31(20-22-9-7-6-8-10-22)37(34,35)24-14-12-23(13-15-24)27(33)32(18-17-30(3)4)28-29-25-16-11-21(2)19-26(25)36-28/h6-16,19H,5,17-18,20H2,1-4H3. The molecule has 0 unspecified atom stereocenters. The smallest absolute Gasteiger partial charge is 0.260 e. The molecule has 0 radical (unpaired) electrons. The fourth-order valence-corrected chi connectivity index (χ4v) is 6.47. The minimum atomic E-state index is -3.72. The average molecular weight is 537 g/mol. The Bertz CT molecular complexity index is 1470. The lowest BCUT2D eigenvalue weighted by Gasteiger charge is -2.23. The summed E-state index contributed by atoms with van der Waals surface area (Å²) in [7, 11) is 0.199. The summed E-state index contributed by atoms with van der Waals surface area (Å²) in [5.74, 6) is -0.210. The van der Waals surface area contributed by atoms with Crippen LogP contribution >= 0.6 is 11.3 Å². The largest absolute Gasteiger partial charge is 0.308 e. The number of nitrogens with zero attached hydrogens (tertiary/aromatic N) is 4. The van der Waals surface area contributed by atoms with Crippen molar-refractivity contribution in [1.82, 2.24) is 14.2 Å². The Morgan fingerprint density at radius 1 is 0.946 bits per heavy atom. The monoisotopic (exact) mass is 536 g/mol. The van der Waals surface area contributed by atoms with Gasteiger partial charge in [-0.25, -0.2) is 13.4 Å². The highest BCUT2D eigenvalue weighted by Gasteiger charge is 2.25. The van der Waals surface area contributed by atoms with E-state index in [-0.39, 0.29) is 17.3 Å². The van der Waals surface area contributed by atoms with E-state index >= 15 is 0 Å². The van der Waals surface area contributed by atoms with Gasteiger partial charge in [-0.15, -0.1) is 0 Å². The van der Waals surface area contributed by atoms with Gasteiger partial charge >= 0.3 is 0 Å². The predicted octanol–water partition coefficient (Wildman–Crippen LogP) is 5.02. The van der Waals surface area contributed by atoms with Crippen molar-refractivity contribution in [3.63, 3.8) is 0 Å². The number of thiazole rings is 1. The summed E-state index contributed by atoms with van der Waals surface area (Å²) < 4.78 is 29.1. The molecular weight excluding hydrogens is 504 g/mol. The Hall–Kier alpha value is -3.11. The van der Waals surface area contributed by atoms with Crippen LogP contribution in [0.3, 0.4) is 0 Å². The van der Waals surface area contributed by atoms with Crippen LogP contribution in [0.2, 0.25) is 0 Å². The quantitative estimate of drug-likeness (QED) is 0.284. The van der Waals surface area contributed by atoms with Crippen LogP contribution in [0.5, 0.6) is 0 Å². The van der Waals surface area contributed by atoms with Gasteiger partial charge in [0.1, 0.15) is 0 Å². The Balaban J connectivity index is 1.60. The fraction of sp³-hybridized carbons (Fsp3) is 0.286. The molecular formula is C28H32N4O3S2. The summed E-state index contributed by atoms with van der Waals surface area (Å²) in [6, 6.07) is 21.8. The first-order chi connectivity index (χ1) is 17.7. The van der Waals surface area contributed by atoms with E-state index in [9.17, 15) is 13.2 Å². The number of carbonyl (C=O) groups excluding carboxylic acids is 1. The molecule has 0 bridgehead atoms. The van der Waals surface area contributed by atoms with Crippen molar-refractivity contribution in [2.24, 2.45) is 0 Å². The van der Waals surface area contributed by atoms with Crippen LogP contribution in [0.4, 0.5) is 5.13 Å². The second-order valence-corrected chi connectivity index (χ2v) is 12.1. The first-order valence-electron chi connectivity index (χ1n) is 12.2. The van der Waals surface area contributed by atoms with Crippen molar-refractivity contribution in [3.8, 4) is 0 Å². The molecule has 1 heterocycles. The molecule has 3 aromatic carbocycles. The summed E-state index contributed by atoms with van der Waals surface area (Å²) in [6.45, 7) is 5.61. The maximum absolute atomic E-state index is 13.6. The summed E-state index contributed by atoms with van der Waals surface area (Å²) in [4.78, 5) is 22.2. The highest BCUT2D eigenvalue weighted by atomic mass is 32.2. The molecule has 1 amide bonds. The molecule has 0 atom stereocenters. The Labute approximate surface area is 223 Å². The van der Waals surface area contributed by atoms with Crippen molar-refractivity contribution in [3.05, 3.63) is 89.5 Å². The Morgan fingerprint density at radius 3 is 2.30 bits per heavy atom. The molecule has 9 heteroatoms. The number of aryl methyl sites for hydroxylation is 1. The van der Waals surface area contributed by atoms with Gasteiger partial charge < -0.3 is 4.90 Å². The first kappa shape index (κ1) is 26.9. The zero-order valence-electron chi connectivity index (χ0n) is 21.6. The number of carbonyl (C=O) groups is 1. The second-order valence-electron chi connectivity index (χ2n) is 9.17. The molecule has 0 aliphatic rings. The highest BCUT2D eigenvalue weighted by Crippen LogP contribution is 2.30. The number of rotatable bonds is 10. The van der Waals surface area contributed by atoms with Gasteiger partial charge in [0, 0.05) is 31.7 Å². The van der Waals surface area contributed by atoms with Crippen molar-refractivity contribution in [2.45, 2.75) is 25.3 Å². The maximum Gasteiger partial charge on any atom is 0.260 e. The number of aromatic nitrogens is 1. The van der Waals surface area contributed by atoms with Crippen LogP contribution in [0, 0.1) is 6.92 Å². The highest BCUT2D eigenvalue weighted by molar-refractivity contribution is 7.89. The molecule has 0 fully saturated rings. The first-order valence-corrected chi connectivity index (χ1v) is 14.4. The lowest BCUT2D eigenvalue weighted by Crippen LogP contribution is -2.36. The van der Waals surface area contributed by atoms with E-state index in [1.807, 2.05) is 75.3 Å². The number of hydrogen-bond acceptors (Lipinski definition) is 6. The van der Waals surface area contributed by atoms with Gasteiger partial charge in [0.2, 0.25) is 10.0 Å². The molecule has 0 saturated carbocycles. The molecule has 194 valence electrons. The lowest BCUT2D eigenvalue weighted by molar-refractivity contribution is 0.0985. The third-order valence-corrected chi connectivity index (χ3v) is 9.05. The number of benzene rings is 3. The van der Waals surface area contributed by atoms with Gasteiger partial charge in [-0.2, -0.15) is 4.31 Å². The van der Waals surface area contributed by atoms with Crippen LogP contribution < -0.4 is 4.90 Å². The minimum Gasteiger partial charge on any atom is -0.308 e. The van der Waals surface area contributed by atoms with Crippen molar-refractivity contribution in [1.29, 1.82) is 0 Å². The van der Waals surface area contributed by atoms with E-state index in [0.29, 0.717) is 30.3 Å². The zero-order valence-corrected chi connectivity index (χ0v) is 23.2. The summed E-state index contributed by atoms with van der Waals surface area (Å²) >= 11 is 1.48. The van der Waals surface area contributed by atoms with E-state index < -0.39 is 10.0 Å². The minimum absolute atomic E-state index is 0.164. The number of anilines is 1. The zero-order chi connectivity index (χ0) is 26.6. The van der Waals surface area contributed by atoms with Crippen LogP contribution in [0.25, 0.3) is 10.2 Å². The number of hydrogen-bond donors (Lipinski definition) is 0. The van der Waals surface area contributed by atoms with Crippen molar-refractivity contribution in [2.75, 3.05) is 38.6 Å². The van der Waals surface area contributed by atoms with E-state index in [0.717, 1.165) is 21.3 Å². The molecule has 0 N–H and O–H groups in total. The maximum atomic E-state index is 13.6. The Kier molecular flexibility index (Phi) is 8.39. The molecule has 4 aromatic rings. The number of amides is 1. The lowest BCUT2D eigenvalue weighted by atomic mass is 10.2. The Morgan fingerprint density at radius 2 is 1.65 bits per heavy atom. The number of fused-ring (bicyclic) bond motifs is 1. The van der Waals surface area contributed by atoms with Gasteiger partial charge in [-0.1, -0.05) is 54.7 Å². The van der Waals surface area contributed by atoms with Gasteiger partial charge in [-0.05, 0) is 68.5 Å². The molecule has 0 spiro atoms. The number of likely N-dealkylation sites (N-methyl/N-ethyl adjacent to an activating group) is 1. The van der Waals surface area contributed by atoms with Gasteiger partial charge in [0.25, 0.3) is 5.91 Å². The predicted molar refractivity (Wildman–Crippen MR) is 151 cm³/mol. The van der Waals surface area contributed by atoms with E-state index in [4.69, 9.17) is 4.98 Å². The normalized spacial score (nSPS) is 11.9. The summed E-state index contributed by atoms with van der Waals surface area (Å²) in [6.07, 6.45) is 0. The van der Waals surface area contributed by atoms with Crippen molar-refractivity contribution >= 4 is 42.6 Å². The molecule has 4 rings (SSSR count). The molecule has 0 aliphatic heterocycles. The van der Waals surface area contributed by atoms with Gasteiger partial charge in [0.05, 0.1) is 15.1 Å². The third-order valence-electron chi connectivity index (χ3n) is 6.07. The van der Waals surface area contributed by atoms with Crippen LogP contribution in [-0.4, -0.2) is 62.2 Å². The van der Waals surface area contributed by atoms with E-state index in [2.05, 4.69) is 6.07 Å². The molecule has 7 nitrogen and oxygen atoms in total. The number of sulfonamides is 1. The fourth-order valence-electron chi connectivity index (χ4n) is 3.95. The van der Waals surface area contributed by atoms with Crippen LogP contribution in [0.15, 0.2) is 77.7 Å². The molecule has 0 aliphatic carbocycles. The summed E-state index contributed by atoms with van der Waals surface area (Å²) in [5.41, 5.74) is 3.33. The second kappa shape index (κ2) is 11.5. The molecule has 1 aromatic heterocycles. The van der Waals surface area contributed by atoms with Crippen molar-refractivity contribution < 1.29 is 13.2 Å². The topological polar surface area (TPSA) is 73.8 Å². The van der Waals surface area contributed by atoms with Crippen LogP contribution in [-0.2, 0) is 16.6 Å². The van der Waals surface area contributed by atoms with Gasteiger partial charge in [0.15, 0.2) is 5.13 Å². The van der Waals surface area contributed by atoms with E-state index in [1.54, 1.807) is 17.0 Å². The summed E-state index contributed by atoms with van der Waals surface area (Å²) in [5, 5.41) is 0.629. The molecule has 0 saturated heterocycles. The van der Waals surface area contributed by atoms with Crippen LogP contribution in [0.1, 0.15) is 28.4 Å². The van der Waals surface area contributed by atoms with E-state index in [1.165, 1.54) is 27.8 Å². The SMILES string of the molecule is CCN(Cc1ccccc1)S(=O)(=O)c1ccc(C(=O)N(CCN(C)C)c2nc3ccc(C)cc3s2)cc1.